The third-order valence-corrected chi connectivity index (χ3v) is 9.99. The standard InChI is InChI=1S/C42H79NO5/c1-3-5-7-9-11-13-15-17-19-21-23-25-27-29-31-33-35-39(47-42(46)48-43-40(44)37-38-41(43)45)36-34-32-30-28-26-24-22-20-18-16-14-12-10-8-6-4-2/h37-39,44-45H,3-36H2,1-2H3. The van der Waals surface area contributed by atoms with Gasteiger partial charge in [0.15, 0.2) is 0 Å². The fraction of sp³-hybridized carbons (Fsp3) is 0.881. The third-order valence-electron chi connectivity index (χ3n) is 9.99. The summed E-state index contributed by atoms with van der Waals surface area (Å²) in [6.45, 7) is 4.56. The summed E-state index contributed by atoms with van der Waals surface area (Å²) in [5.74, 6) is -0.673. The summed E-state index contributed by atoms with van der Waals surface area (Å²) < 4.78 is 6.38. The highest BCUT2D eigenvalue weighted by atomic mass is 16.8. The van der Waals surface area contributed by atoms with Crippen LogP contribution >= 0.6 is 0 Å². The molecule has 0 aliphatic carbocycles. The van der Waals surface area contributed by atoms with Crippen molar-refractivity contribution in [2.45, 2.75) is 238 Å². The van der Waals surface area contributed by atoms with Crippen LogP contribution in [0.1, 0.15) is 232 Å². The smallest absolute Gasteiger partial charge is 0.492 e. The molecule has 1 heterocycles. The molecule has 6 heteroatoms. The Morgan fingerprint density at radius 3 is 1.00 bits per heavy atom. The van der Waals surface area contributed by atoms with Crippen LogP contribution in [-0.4, -0.2) is 27.2 Å². The van der Waals surface area contributed by atoms with Crippen LogP contribution in [0.2, 0.25) is 0 Å². The molecule has 1 aromatic rings. The lowest BCUT2D eigenvalue weighted by Gasteiger charge is -2.18. The molecule has 0 unspecified atom stereocenters. The van der Waals surface area contributed by atoms with Crippen molar-refractivity contribution in [3.63, 3.8) is 0 Å². The third kappa shape index (κ3) is 27.0. The van der Waals surface area contributed by atoms with Crippen molar-refractivity contribution >= 4 is 6.16 Å². The van der Waals surface area contributed by atoms with E-state index in [2.05, 4.69) is 13.8 Å². The second kappa shape index (κ2) is 33.6. The van der Waals surface area contributed by atoms with Crippen molar-refractivity contribution in [3.8, 4) is 11.8 Å². The number of hydrogen-bond acceptors (Lipinski definition) is 5. The van der Waals surface area contributed by atoms with Gasteiger partial charge in [-0.05, 0) is 25.7 Å². The number of ether oxygens (including phenoxy) is 1. The molecular formula is C42H79NO5. The Morgan fingerprint density at radius 1 is 0.479 bits per heavy atom. The van der Waals surface area contributed by atoms with E-state index in [0.717, 1.165) is 38.5 Å². The van der Waals surface area contributed by atoms with E-state index in [0.29, 0.717) is 4.73 Å². The van der Waals surface area contributed by atoms with Crippen LogP contribution in [0.4, 0.5) is 4.79 Å². The highest BCUT2D eigenvalue weighted by Gasteiger charge is 2.19. The number of unbranched alkanes of at least 4 members (excludes halogenated alkanes) is 30. The summed E-state index contributed by atoms with van der Waals surface area (Å²) in [4.78, 5) is 17.5. The minimum Gasteiger partial charge on any atom is -0.492 e. The van der Waals surface area contributed by atoms with Gasteiger partial charge in [-0.3, -0.25) is 4.84 Å². The second-order valence-corrected chi connectivity index (χ2v) is 14.6. The van der Waals surface area contributed by atoms with E-state index in [1.165, 1.54) is 192 Å². The first kappa shape index (κ1) is 44.2. The molecule has 2 N–H and O–H groups in total. The van der Waals surface area contributed by atoms with Gasteiger partial charge in [-0.2, -0.15) is 0 Å². The Labute approximate surface area is 297 Å². The molecule has 0 bridgehead atoms. The molecule has 282 valence electrons. The molecule has 0 radical (unpaired) electrons. The van der Waals surface area contributed by atoms with Crippen molar-refractivity contribution in [2.24, 2.45) is 0 Å². The van der Waals surface area contributed by atoms with Crippen LogP contribution in [0.25, 0.3) is 0 Å². The van der Waals surface area contributed by atoms with Gasteiger partial charge in [-0.25, -0.2) is 4.79 Å². The van der Waals surface area contributed by atoms with Gasteiger partial charge in [0, 0.05) is 12.1 Å². The molecule has 48 heavy (non-hydrogen) atoms. The molecule has 0 aromatic carbocycles. The summed E-state index contributed by atoms with van der Waals surface area (Å²) in [5.41, 5.74) is 0. The van der Waals surface area contributed by atoms with Gasteiger partial charge < -0.3 is 14.9 Å². The first-order chi connectivity index (χ1) is 23.6. The number of carbonyl (C=O) groups excluding carboxylic acids is 1. The van der Waals surface area contributed by atoms with Gasteiger partial charge in [0.25, 0.3) is 0 Å². The number of hydrogen-bond donors (Lipinski definition) is 2. The van der Waals surface area contributed by atoms with Crippen molar-refractivity contribution in [1.82, 2.24) is 4.73 Å². The van der Waals surface area contributed by atoms with E-state index >= 15 is 0 Å². The Balaban J connectivity index is 2.14. The van der Waals surface area contributed by atoms with Crippen LogP contribution in [0.15, 0.2) is 12.1 Å². The SMILES string of the molecule is CCCCCCCCCCCCCCCCCCC(CCCCCCCCCCCCCCCCCC)OC(=O)On1c(O)ccc1O. The molecule has 1 aromatic heterocycles. The van der Waals surface area contributed by atoms with Crippen LogP contribution in [0, 0.1) is 0 Å². The molecule has 0 aliphatic rings. The summed E-state index contributed by atoms with van der Waals surface area (Å²) in [6, 6.07) is 2.54. The van der Waals surface area contributed by atoms with E-state index in [4.69, 9.17) is 9.57 Å². The number of aromatic hydroxyl groups is 2. The zero-order valence-corrected chi connectivity index (χ0v) is 31.8. The lowest BCUT2D eigenvalue weighted by molar-refractivity contribution is 0.00330. The Bertz CT molecular complexity index is 769. The van der Waals surface area contributed by atoms with Crippen molar-refractivity contribution in [1.29, 1.82) is 0 Å². The van der Waals surface area contributed by atoms with Gasteiger partial charge in [0.2, 0.25) is 11.8 Å². The summed E-state index contributed by atoms with van der Waals surface area (Å²) in [6.07, 6.45) is 43.4. The molecule has 0 amide bonds. The predicted molar refractivity (Wildman–Crippen MR) is 203 cm³/mol. The topological polar surface area (TPSA) is 80.9 Å². The highest BCUT2D eigenvalue weighted by molar-refractivity contribution is 5.60. The van der Waals surface area contributed by atoms with Gasteiger partial charge in [0.05, 0.1) is 0 Å². The average Bonchev–Trinajstić information content (AvgIpc) is 3.39. The maximum atomic E-state index is 12.5. The normalized spacial score (nSPS) is 11.5. The lowest BCUT2D eigenvalue weighted by atomic mass is 10.0. The van der Waals surface area contributed by atoms with Gasteiger partial charge >= 0.3 is 6.16 Å². The van der Waals surface area contributed by atoms with E-state index in [1.54, 1.807) is 0 Å². The minimum absolute atomic E-state index is 0.198. The fourth-order valence-electron chi connectivity index (χ4n) is 6.83. The van der Waals surface area contributed by atoms with E-state index in [1.807, 2.05) is 0 Å². The van der Waals surface area contributed by atoms with E-state index < -0.39 is 6.16 Å². The summed E-state index contributed by atoms with van der Waals surface area (Å²) in [7, 11) is 0. The molecule has 0 atom stereocenters. The maximum Gasteiger partial charge on any atom is 0.534 e. The molecule has 0 spiro atoms. The van der Waals surface area contributed by atoms with Crippen LogP contribution in [0.5, 0.6) is 11.8 Å². The van der Waals surface area contributed by atoms with Crippen molar-refractivity contribution in [2.75, 3.05) is 0 Å². The number of aromatic nitrogens is 1. The zero-order valence-electron chi connectivity index (χ0n) is 31.8. The monoisotopic (exact) mass is 678 g/mol. The number of carbonyl (C=O) groups is 1. The second-order valence-electron chi connectivity index (χ2n) is 14.6. The summed E-state index contributed by atoms with van der Waals surface area (Å²) >= 11 is 0. The van der Waals surface area contributed by atoms with Gasteiger partial charge in [-0.15, -0.1) is 4.73 Å². The first-order valence-electron chi connectivity index (χ1n) is 21.1. The average molecular weight is 678 g/mol. The van der Waals surface area contributed by atoms with E-state index in [9.17, 15) is 15.0 Å². The molecule has 1 rings (SSSR count). The Hall–Kier alpha value is -1.85. The Kier molecular flexibility index (Phi) is 31.0. The van der Waals surface area contributed by atoms with Crippen molar-refractivity contribution in [3.05, 3.63) is 12.1 Å². The highest BCUT2D eigenvalue weighted by Crippen LogP contribution is 2.21. The van der Waals surface area contributed by atoms with Crippen molar-refractivity contribution < 1.29 is 24.6 Å². The molecule has 0 fully saturated rings. The minimum atomic E-state index is -0.880. The molecule has 0 saturated heterocycles. The lowest BCUT2D eigenvalue weighted by Crippen LogP contribution is -2.26. The Morgan fingerprint density at radius 2 is 0.729 bits per heavy atom. The maximum absolute atomic E-state index is 12.5. The van der Waals surface area contributed by atoms with Crippen LogP contribution in [-0.2, 0) is 4.74 Å². The molecule has 0 saturated carbocycles. The molecule has 0 aliphatic heterocycles. The predicted octanol–water partition coefficient (Wildman–Crippen LogP) is 14.1. The van der Waals surface area contributed by atoms with Gasteiger partial charge in [0.1, 0.15) is 6.10 Å². The molecule has 6 nitrogen and oxygen atoms in total. The first-order valence-corrected chi connectivity index (χ1v) is 21.1. The fourth-order valence-corrected chi connectivity index (χ4v) is 6.83. The quantitative estimate of drug-likeness (QED) is 0.0546. The number of nitrogens with zero attached hydrogens (tertiary/aromatic N) is 1. The summed E-state index contributed by atoms with van der Waals surface area (Å²) in [5, 5.41) is 19.6. The van der Waals surface area contributed by atoms with Gasteiger partial charge in [-0.1, -0.05) is 206 Å². The van der Waals surface area contributed by atoms with Crippen LogP contribution in [0.3, 0.4) is 0 Å². The van der Waals surface area contributed by atoms with Crippen LogP contribution < -0.4 is 4.84 Å². The zero-order chi connectivity index (χ0) is 34.8. The molecular weight excluding hydrogens is 598 g/mol. The largest absolute Gasteiger partial charge is 0.534 e. The van der Waals surface area contributed by atoms with E-state index in [-0.39, 0.29) is 17.9 Å². The number of rotatable bonds is 36.